The van der Waals surface area contributed by atoms with Gasteiger partial charge in [-0.05, 0) is 0 Å². The molecule has 3 amide bonds. The van der Waals surface area contributed by atoms with Gasteiger partial charge in [-0.25, -0.2) is 0 Å². The van der Waals surface area contributed by atoms with Gasteiger partial charge in [-0.15, -0.1) is 0 Å². The van der Waals surface area contributed by atoms with Gasteiger partial charge in [0.25, 0.3) is 0 Å². The van der Waals surface area contributed by atoms with Gasteiger partial charge in [-0.2, -0.15) is 0 Å². The van der Waals surface area contributed by atoms with Gasteiger partial charge in [0, 0.05) is 91.6 Å². The first-order valence-electron chi connectivity index (χ1n) is 11.6. The van der Waals surface area contributed by atoms with E-state index in [9.17, 15) is 14.4 Å². The summed E-state index contributed by atoms with van der Waals surface area (Å²) in [6, 6.07) is 0. The van der Waals surface area contributed by atoms with Crippen LogP contribution in [0.5, 0.6) is 0 Å². The lowest BCUT2D eigenvalue weighted by atomic mass is 10.1. The fourth-order valence-corrected chi connectivity index (χ4v) is 3.78. The van der Waals surface area contributed by atoms with Crippen LogP contribution in [0.3, 0.4) is 0 Å². The molecule has 0 bridgehead atoms. The molecule has 32 heavy (non-hydrogen) atoms. The molecule has 0 aromatic carbocycles. The van der Waals surface area contributed by atoms with Crippen LogP contribution in [0.2, 0.25) is 0 Å². The number of nitrogens with zero attached hydrogens (tertiary/aromatic N) is 1. The summed E-state index contributed by atoms with van der Waals surface area (Å²) in [5, 5.41) is 18.8. The van der Waals surface area contributed by atoms with Gasteiger partial charge in [-0.3, -0.25) is 14.4 Å². The van der Waals surface area contributed by atoms with Crippen LogP contribution >= 0.6 is 0 Å². The maximum atomic E-state index is 12.9. The molecule has 0 aliphatic carbocycles. The maximum Gasteiger partial charge on any atom is 0.228 e. The average Bonchev–Trinajstić information content (AvgIpc) is 3.24. The molecule has 0 atom stereocenters. The lowest BCUT2D eigenvalue weighted by molar-refractivity contribution is -0.136. The van der Waals surface area contributed by atoms with E-state index in [4.69, 9.17) is 11.5 Å². The first-order chi connectivity index (χ1) is 15.6. The standard InChI is InChI=1S/C20H41N9O3/c21-9-15(10-22)20(32)29(7-5-27-18(30)16-11-23-1-2-24-12-16)8-6-28-19(31)17-13-25-3-4-26-14-17/h15-17,23-26H,1-14,21-22H2,(H,27,30)(H,28,31). The topological polar surface area (TPSA) is 179 Å². The molecule has 2 saturated heterocycles. The lowest BCUT2D eigenvalue weighted by Gasteiger charge is -2.27. The molecule has 2 aliphatic heterocycles. The van der Waals surface area contributed by atoms with Gasteiger partial charge >= 0.3 is 0 Å². The zero-order valence-electron chi connectivity index (χ0n) is 19.0. The summed E-state index contributed by atoms with van der Waals surface area (Å²) in [5.74, 6) is -1.03. The molecule has 2 heterocycles. The third kappa shape index (κ3) is 8.96. The zero-order chi connectivity index (χ0) is 23.2. The largest absolute Gasteiger partial charge is 0.354 e. The van der Waals surface area contributed by atoms with Crippen LogP contribution in [-0.4, -0.2) is 114 Å². The van der Waals surface area contributed by atoms with Crippen molar-refractivity contribution in [3.63, 3.8) is 0 Å². The van der Waals surface area contributed by atoms with Crippen LogP contribution in [0.25, 0.3) is 0 Å². The Hall–Kier alpha value is -1.83. The zero-order valence-corrected chi connectivity index (χ0v) is 19.0. The molecule has 0 unspecified atom stereocenters. The molecule has 0 aromatic heterocycles. The number of nitrogens with two attached hydrogens (primary N) is 2. The van der Waals surface area contributed by atoms with E-state index in [0.29, 0.717) is 52.4 Å². The van der Waals surface area contributed by atoms with E-state index in [1.165, 1.54) is 0 Å². The van der Waals surface area contributed by atoms with Crippen molar-refractivity contribution < 1.29 is 14.4 Å². The van der Waals surface area contributed by atoms with Crippen molar-refractivity contribution in [2.45, 2.75) is 0 Å². The Morgan fingerprint density at radius 3 is 1.47 bits per heavy atom. The molecular formula is C20H41N9O3. The monoisotopic (exact) mass is 455 g/mol. The van der Waals surface area contributed by atoms with E-state index in [0.717, 1.165) is 26.2 Å². The SMILES string of the molecule is NCC(CN)C(=O)N(CCNC(=O)C1CNCCNC1)CCNC(=O)C1CNCCNC1. The molecular weight excluding hydrogens is 414 g/mol. The highest BCUT2D eigenvalue weighted by Crippen LogP contribution is 2.02. The van der Waals surface area contributed by atoms with Crippen molar-refractivity contribution in [1.82, 2.24) is 36.8 Å². The van der Waals surface area contributed by atoms with E-state index in [1.807, 2.05) is 0 Å². The minimum atomic E-state index is -0.480. The molecule has 0 spiro atoms. The number of carbonyl (C=O) groups excluding carboxylic acids is 3. The Morgan fingerprint density at radius 1 is 0.750 bits per heavy atom. The molecule has 10 N–H and O–H groups in total. The number of amides is 3. The van der Waals surface area contributed by atoms with Gasteiger partial charge in [0.05, 0.1) is 17.8 Å². The second kappa shape index (κ2) is 15.1. The third-order valence-corrected chi connectivity index (χ3v) is 5.85. The van der Waals surface area contributed by atoms with Crippen LogP contribution in [0.1, 0.15) is 0 Å². The van der Waals surface area contributed by atoms with Gasteiger partial charge in [0.1, 0.15) is 0 Å². The van der Waals surface area contributed by atoms with E-state index in [2.05, 4.69) is 31.9 Å². The molecule has 2 fully saturated rings. The minimum absolute atomic E-state index is 0.0461. The summed E-state index contributed by atoms with van der Waals surface area (Å²) in [6.45, 7) is 7.48. The van der Waals surface area contributed by atoms with Crippen LogP contribution < -0.4 is 43.4 Å². The van der Waals surface area contributed by atoms with Gasteiger partial charge < -0.3 is 48.3 Å². The third-order valence-electron chi connectivity index (χ3n) is 5.85. The number of hydrogen-bond acceptors (Lipinski definition) is 9. The highest BCUT2D eigenvalue weighted by atomic mass is 16.2. The molecule has 12 heteroatoms. The minimum Gasteiger partial charge on any atom is -0.354 e. The van der Waals surface area contributed by atoms with Gasteiger partial charge in [0.2, 0.25) is 17.7 Å². The van der Waals surface area contributed by atoms with E-state index in [1.54, 1.807) is 4.90 Å². The van der Waals surface area contributed by atoms with Gasteiger partial charge in [0.15, 0.2) is 0 Å². The number of carbonyl (C=O) groups is 3. The Morgan fingerprint density at radius 2 is 1.12 bits per heavy atom. The van der Waals surface area contributed by atoms with E-state index in [-0.39, 0.29) is 42.6 Å². The molecule has 0 radical (unpaired) electrons. The Kier molecular flexibility index (Phi) is 12.5. The Bertz CT molecular complexity index is 535. The first kappa shape index (κ1) is 26.4. The highest BCUT2D eigenvalue weighted by molar-refractivity contribution is 5.81. The second-order valence-corrected chi connectivity index (χ2v) is 8.29. The predicted molar refractivity (Wildman–Crippen MR) is 123 cm³/mol. The summed E-state index contributed by atoms with van der Waals surface area (Å²) in [6.07, 6.45) is 0. The summed E-state index contributed by atoms with van der Waals surface area (Å²) < 4.78 is 0. The van der Waals surface area contributed by atoms with Crippen molar-refractivity contribution in [3.05, 3.63) is 0 Å². The van der Waals surface area contributed by atoms with Crippen LogP contribution in [-0.2, 0) is 14.4 Å². The van der Waals surface area contributed by atoms with Crippen molar-refractivity contribution >= 4 is 17.7 Å². The summed E-state index contributed by atoms with van der Waals surface area (Å²) in [4.78, 5) is 39.4. The van der Waals surface area contributed by atoms with E-state index >= 15 is 0 Å². The lowest BCUT2D eigenvalue weighted by Crippen LogP contribution is -2.49. The molecule has 0 saturated carbocycles. The molecule has 2 rings (SSSR count). The molecule has 184 valence electrons. The normalized spacial score (nSPS) is 18.6. The summed E-state index contributed by atoms with van der Waals surface area (Å²) in [5.41, 5.74) is 11.4. The maximum absolute atomic E-state index is 12.9. The van der Waals surface area contributed by atoms with Crippen LogP contribution in [0.4, 0.5) is 0 Å². The first-order valence-corrected chi connectivity index (χ1v) is 11.6. The summed E-state index contributed by atoms with van der Waals surface area (Å²) >= 11 is 0. The smallest absolute Gasteiger partial charge is 0.228 e. The fraction of sp³-hybridized carbons (Fsp3) is 0.850. The second-order valence-electron chi connectivity index (χ2n) is 8.29. The van der Waals surface area contributed by atoms with E-state index < -0.39 is 5.92 Å². The Labute approximate surface area is 190 Å². The molecule has 2 aliphatic rings. The van der Waals surface area contributed by atoms with Crippen molar-refractivity contribution in [3.8, 4) is 0 Å². The number of rotatable bonds is 11. The number of nitrogens with one attached hydrogen (secondary N) is 6. The number of hydrogen-bond donors (Lipinski definition) is 8. The quantitative estimate of drug-likeness (QED) is 0.152. The van der Waals surface area contributed by atoms with Crippen molar-refractivity contribution in [1.29, 1.82) is 0 Å². The highest BCUT2D eigenvalue weighted by Gasteiger charge is 2.24. The molecule has 12 nitrogen and oxygen atoms in total. The van der Waals surface area contributed by atoms with Crippen LogP contribution in [0, 0.1) is 17.8 Å². The molecule has 0 aromatic rings. The van der Waals surface area contributed by atoms with Crippen LogP contribution in [0.15, 0.2) is 0 Å². The fourth-order valence-electron chi connectivity index (χ4n) is 3.78. The average molecular weight is 456 g/mol. The van der Waals surface area contributed by atoms with Crippen molar-refractivity contribution in [2.75, 3.05) is 91.6 Å². The Balaban J connectivity index is 1.82. The van der Waals surface area contributed by atoms with Gasteiger partial charge in [-0.1, -0.05) is 0 Å². The predicted octanol–water partition coefficient (Wildman–Crippen LogP) is -4.80. The summed E-state index contributed by atoms with van der Waals surface area (Å²) in [7, 11) is 0. The van der Waals surface area contributed by atoms with Crippen molar-refractivity contribution in [2.24, 2.45) is 29.2 Å².